The van der Waals surface area contributed by atoms with Gasteiger partial charge in [-0.05, 0) is 17.5 Å². The third kappa shape index (κ3) is 1.50. The van der Waals surface area contributed by atoms with Crippen molar-refractivity contribution < 1.29 is 4.42 Å². The van der Waals surface area contributed by atoms with Gasteiger partial charge < -0.3 is 10.2 Å². The van der Waals surface area contributed by atoms with Crippen LogP contribution >= 0.6 is 11.3 Å². The van der Waals surface area contributed by atoms with Crippen LogP contribution in [0.25, 0.3) is 21.7 Å². The van der Waals surface area contributed by atoms with Crippen molar-refractivity contribution in [1.29, 1.82) is 0 Å². The average molecular weight is 231 g/mol. The van der Waals surface area contributed by atoms with E-state index in [2.05, 4.69) is 9.97 Å². The number of nitrogens with zero attached hydrogens (tertiary/aromatic N) is 2. The van der Waals surface area contributed by atoms with E-state index in [1.165, 1.54) is 4.88 Å². The zero-order valence-electron chi connectivity index (χ0n) is 8.38. The van der Waals surface area contributed by atoms with E-state index in [0.717, 1.165) is 5.56 Å². The molecule has 0 aliphatic heterocycles. The molecule has 0 saturated heterocycles. The molecular formula is C11H9N3OS. The maximum atomic E-state index is 5.46. The molecule has 0 aromatic carbocycles. The van der Waals surface area contributed by atoms with Gasteiger partial charge in [-0.3, -0.25) is 0 Å². The summed E-state index contributed by atoms with van der Waals surface area (Å²) in [5.74, 6) is 0.519. The van der Waals surface area contributed by atoms with Gasteiger partial charge in [0.1, 0.15) is 0 Å². The Morgan fingerprint density at radius 2 is 2.38 bits per heavy atom. The second-order valence-electron chi connectivity index (χ2n) is 3.33. The first-order valence-electron chi connectivity index (χ1n) is 4.86. The highest BCUT2D eigenvalue weighted by molar-refractivity contribution is 7.13. The molecule has 16 heavy (non-hydrogen) atoms. The molecule has 4 nitrogen and oxygen atoms in total. The standard InChI is InChI=1S/C11H9N3OS/c12-5-10-14-11-8(15-10)4-7(6-13-11)9-2-1-3-16-9/h1-4,6H,5,12H2. The van der Waals surface area contributed by atoms with Gasteiger partial charge in [-0.25, -0.2) is 4.98 Å². The van der Waals surface area contributed by atoms with Crippen molar-refractivity contribution in [3.05, 3.63) is 35.7 Å². The molecule has 0 amide bonds. The van der Waals surface area contributed by atoms with Crippen molar-refractivity contribution in [2.45, 2.75) is 6.54 Å². The maximum Gasteiger partial charge on any atom is 0.210 e. The fraction of sp³-hybridized carbons (Fsp3) is 0.0909. The summed E-state index contributed by atoms with van der Waals surface area (Å²) in [6.45, 7) is 0.296. The van der Waals surface area contributed by atoms with Crippen LogP contribution in [0.2, 0.25) is 0 Å². The number of pyridine rings is 1. The normalized spacial score (nSPS) is 11.1. The Hall–Kier alpha value is -1.72. The van der Waals surface area contributed by atoms with Crippen molar-refractivity contribution in [3.8, 4) is 10.4 Å². The number of thiophene rings is 1. The topological polar surface area (TPSA) is 64.9 Å². The summed E-state index contributed by atoms with van der Waals surface area (Å²) < 4.78 is 5.46. The summed E-state index contributed by atoms with van der Waals surface area (Å²) in [4.78, 5) is 9.57. The minimum atomic E-state index is 0.296. The van der Waals surface area contributed by atoms with E-state index in [1.807, 2.05) is 23.6 Å². The largest absolute Gasteiger partial charge is 0.438 e. The zero-order valence-corrected chi connectivity index (χ0v) is 9.20. The molecule has 0 bridgehead atoms. The molecule has 0 aliphatic carbocycles. The highest BCUT2D eigenvalue weighted by atomic mass is 32.1. The summed E-state index contributed by atoms with van der Waals surface area (Å²) in [5, 5.41) is 2.03. The lowest BCUT2D eigenvalue weighted by Gasteiger charge is -1.94. The van der Waals surface area contributed by atoms with Crippen molar-refractivity contribution in [3.63, 3.8) is 0 Å². The Balaban J connectivity index is 2.15. The van der Waals surface area contributed by atoms with Gasteiger partial charge in [-0.1, -0.05) is 6.07 Å². The molecule has 0 fully saturated rings. The molecule has 5 heteroatoms. The van der Waals surface area contributed by atoms with Crippen molar-refractivity contribution >= 4 is 22.6 Å². The van der Waals surface area contributed by atoms with Gasteiger partial charge in [-0.2, -0.15) is 4.98 Å². The zero-order chi connectivity index (χ0) is 11.0. The number of fused-ring (bicyclic) bond motifs is 1. The van der Waals surface area contributed by atoms with E-state index in [1.54, 1.807) is 17.5 Å². The quantitative estimate of drug-likeness (QED) is 0.735. The first kappa shape index (κ1) is 9.50. The predicted molar refractivity (Wildman–Crippen MR) is 63.0 cm³/mol. The Kier molecular flexibility index (Phi) is 2.19. The second-order valence-corrected chi connectivity index (χ2v) is 4.28. The van der Waals surface area contributed by atoms with Crippen LogP contribution in [-0.4, -0.2) is 9.97 Å². The first-order valence-corrected chi connectivity index (χ1v) is 5.74. The molecule has 3 rings (SSSR count). The van der Waals surface area contributed by atoms with Gasteiger partial charge in [0.05, 0.1) is 6.54 Å². The van der Waals surface area contributed by atoms with E-state index < -0.39 is 0 Å². The van der Waals surface area contributed by atoms with Crippen molar-refractivity contribution in [2.24, 2.45) is 5.73 Å². The lowest BCUT2D eigenvalue weighted by atomic mass is 10.2. The molecule has 3 aromatic heterocycles. The molecule has 0 aliphatic rings. The minimum Gasteiger partial charge on any atom is -0.438 e. The highest BCUT2D eigenvalue weighted by Gasteiger charge is 2.07. The van der Waals surface area contributed by atoms with E-state index in [0.29, 0.717) is 23.7 Å². The monoisotopic (exact) mass is 231 g/mol. The number of hydrogen-bond donors (Lipinski definition) is 1. The molecule has 2 N–H and O–H groups in total. The van der Waals surface area contributed by atoms with Crippen LogP contribution in [0.1, 0.15) is 5.89 Å². The Morgan fingerprint density at radius 3 is 3.12 bits per heavy atom. The first-order chi connectivity index (χ1) is 7.86. The molecular weight excluding hydrogens is 222 g/mol. The fourth-order valence-electron chi connectivity index (χ4n) is 1.53. The van der Waals surface area contributed by atoms with Gasteiger partial charge in [0.25, 0.3) is 0 Å². The lowest BCUT2D eigenvalue weighted by molar-refractivity contribution is 0.533. The lowest BCUT2D eigenvalue weighted by Crippen LogP contribution is -1.95. The van der Waals surface area contributed by atoms with E-state index in [4.69, 9.17) is 10.2 Å². The number of oxazole rings is 1. The van der Waals surface area contributed by atoms with Crippen LogP contribution in [0.15, 0.2) is 34.2 Å². The molecule has 80 valence electrons. The summed E-state index contributed by atoms with van der Waals surface area (Å²) >= 11 is 1.67. The van der Waals surface area contributed by atoms with E-state index in [9.17, 15) is 0 Å². The highest BCUT2D eigenvalue weighted by Crippen LogP contribution is 2.26. The summed E-state index contributed by atoms with van der Waals surface area (Å²) in [7, 11) is 0. The van der Waals surface area contributed by atoms with Crippen LogP contribution < -0.4 is 5.73 Å². The summed E-state index contributed by atoms with van der Waals surface area (Å²) in [6, 6.07) is 6.00. The molecule has 3 heterocycles. The molecule has 0 saturated carbocycles. The number of hydrogen-bond acceptors (Lipinski definition) is 5. The minimum absolute atomic E-state index is 0.296. The Bertz CT molecular complexity index is 615. The second kappa shape index (κ2) is 3.70. The van der Waals surface area contributed by atoms with Crippen molar-refractivity contribution in [2.75, 3.05) is 0 Å². The van der Waals surface area contributed by atoms with Gasteiger partial charge in [-0.15, -0.1) is 11.3 Å². The van der Waals surface area contributed by atoms with Crippen LogP contribution in [-0.2, 0) is 6.54 Å². The van der Waals surface area contributed by atoms with Crippen LogP contribution in [0.5, 0.6) is 0 Å². The molecule has 0 spiro atoms. The molecule has 3 aromatic rings. The Labute approximate surface area is 95.7 Å². The molecule has 0 atom stereocenters. The van der Waals surface area contributed by atoms with Gasteiger partial charge in [0.2, 0.25) is 5.89 Å². The van der Waals surface area contributed by atoms with Gasteiger partial charge >= 0.3 is 0 Å². The summed E-state index contributed by atoms with van der Waals surface area (Å²) in [6.07, 6.45) is 1.80. The predicted octanol–water partition coefficient (Wildman–Crippen LogP) is 2.41. The maximum absolute atomic E-state index is 5.46. The summed E-state index contributed by atoms with van der Waals surface area (Å²) in [5.41, 5.74) is 7.81. The smallest absolute Gasteiger partial charge is 0.210 e. The van der Waals surface area contributed by atoms with Crippen LogP contribution in [0.4, 0.5) is 0 Å². The van der Waals surface area contributed by atoms with E-state index in [-0.39, 0.29) is 0 Å². The third-order valence-corrected chi connectivity index (χ3v) is 3.19. The third-order valence-electron chi connectivity index (χ3n) is 2.27. The van der Waals surface area contributed by atoms with Crippen LogP contribution in [0.3, 0.4) is 0 Å². The Morgan fingerprint density at radius 1 is 1.44 bits per heavy atom. The number of rotatable bonds is 2. The SMILES string of the molecule is NCc1nc2ncc(-c3cccs3)cc2o1. The van der Waals surface area contributed by atoms with Gasteiger partial charge in [0.15, 0.2) is 11.2 Å². The molecule has 0 radical (unpaired) electrons. The molecule has 0 unspecified atom stereocenters. The number of nitrogens with two attached hydrogens (primary N) is 1. The average Bonchev–Trinajstić information content (AvgIpc) is 2.96. The number of aromatic nitrogens is 2. The van der Waals surface area contributed by atoms with E-state index >= 15 is 0 Å². The fourth-order valence-corrected chi connectivity index (χ4v) is 2.24. The van der Waals surface area contributed by atoms with Crippen LogP contribution in [0, 0.1) is 0 Å². The van der Waals surface area contributed by atoms with Crippen molar-refractivity contribution in [1.82, 2.24) is 9.97 Å². The van der Waals surface area contributed by atoms with Gasteiger partial charge in [0, 0.05) is 16.6 Å².